The first-order valence-corrected chi connectivity index (χ1v) is 8.81. The first-order valence-electron chi connectivity index (χ1n) is 6.49. The van der Waals surface area contributed by atoms with E-state index in [1.165, 1.54) is 23.5 Å². The molecule has 1 heterocycles. The van der Waals surface area contributed by atoms with Crippen molar-refractivity contribution in [3.63, 3.8) is 0 Å². The molecule has 1 aromatic heterocycles. The van der Waals surface area contributed by atoms with Crippen LogP contribution < -0.4 is 5.32 Å². The Kier molecular flexibility index (Phi) is 5.27. The van der Waals surface area contributed by atoms with E-state index in [9.17, 15) is 4.79 Å². The minimum Gasteiger partial charge on any atom is -0.296 e. The molecule has 3 rings (SSSR count). The topological polar surface area (TPSA) is 54.9 Å². The Balaban J connectivity index is 1.82. The van der Waals surface area contributed by atoms with E-state index in [4.69, 9.17) is 46.4 Å². The van der Waals surface area contributed by atoms with Crippen molar-refractivity contribution in [1.29, 1.82) is 0 Å². The van der Waals surface area contributed by atoms with Crippen molar-refractivity contribution >= 4 is 68.8 Å². The summed E-state index contributed by atoms with van der Waals surface area (Å²) in [6, 6.07) is 9.64. The number of aromatic nitrogens is 2. The molecule has 0 fully saturated rings. The molecule has 0 saturated heterocycles. The minimum atomic E-state index is -0.385. The third-order valence-electron chi connectivity index (χ3n) is 2.93. The molecule has 24 heavy (non-hydrogen) atoms. The van der Waals surface area contributed by atoms with E-state index in [-0.39, 0.29) is 5.91 Å². The molecule has 0 bridgehead atoms. The largest absolute Gasteiger partial charge is 0.296 e. The molecule has 4 nitrogen and oxygen atoms in total. The van der Waals surface area contributed by atoms with Crippen LogP contribution in [0.15, 0.2) is 36.4 Å². The molecule has 0 aliphatic heterocycles. The highest BCUT2D eigenvalue weighted by molar-refractivity contribution is 7.18. The first-order chi connectivity index (χ1) is 11.4. The van der Waals surface area contributed by atoms with Crippen molar-refractivity contribution < 1.29 is 4.79 Å². The number of anilines is 1. The van der Waals surface area contributed by atoms with E-state index >= 15 is 0 Å². The molecule has 0 aliphatic rings. The molecule has 0 aliphatic carbocycles. The summed E-state index contributed by atoms with van der Waals surface area (Å²) in [5.41, 5.74) is 1.01. The maximum Gasteiger partial charge on any atom is 0.257 e. The number of amides is 1. The van der Waals surface area contributed by atoms with Gasteiger partial charge in [0.1, 0.15) is 0 Å². The molecule has 0 saturated carbocycles. The second-order valence-electron chi connectivity index (χ2n) is 4.65. The van der Waals surface area contributed by atoms with Gasteiger partial charge in [0.25, 0.3) is 5.91 Å². The Morgan fingerprint density at radius 3 is 2.29 bits per heavy atom. The van der Waals surface area contributed by atoms with E-state index in [1.54, 1.807) is 24.3 Å². The summed E-state index contributed by atoms with van der Waals surface area (Å²) in [5, 5.41) is 13.3. The standard InChI is InChI=1S/C15H7Cl4N3OS/c16-8-1-2-11(12(19)6-8)14-21-22-15(24-14)20-13(23)7-3-9(17)5-10(18)4-7/h1-6H,(H,20,22,23). The van der Waals surface area contributed by atoms with Crippen molar-refractivity contribution in [3.8, 4) is 10.6 Å². The Labute approximate surface area is 161 Å². The Morgan fingerprint density at radius 2 is 1.62 bits per heavy atom. The number of nitrogens with zero attached hydrogens (tertiary/aromatic N) is 2. The third-order valence-corrected chi connectivity index (χ3v) is 4.79. The smallest absolute Gasteiger partial charge is 0.257 e. The number of benzene rings is 2. The number of hydrogen-bond acceptors (Lipinski definition) is 4. The normalized spacial score (nSPS) is 10.7. The average Bonchev–Trinajstić information content (AvgIpc) is 2.94. The lowest BCUT2D eigenvalue weighted by molar-refractivity contribution is 0.102. The van der Waals surface area contributed by atoms with Gasteiger partial charge in [0, 0.05) is 26.2 Å². The molecule has 3 aromatic rings. The van der Waals surface area contributed by atoms with Gasteiger partial charge in [-0.15, -0.1) is 10.2 Å². The molecule has 0 spiro atoms. The summed E-state index contributed by atoms with van der Waals surface area (Å²) in [6.07, 6.45) is 0. The third kappa shape index (κ3) is 3.99. The zero-order valence-corrected chi connectivity index (χ0v) is 15.5. The van der Waals surface area contributed by atoms with Gasteiger partial charge in [-0.3, -0.25) is 10.1 Å². The van der Waals surface area contributed by atoms with Crippen LogP contribution in [0, 0.1) is 0 Å². The van der Waals surface area contributed by atoms with Gasteiger partial charge in [0.2, 0.25) is 5.13 Å². The monoisotopic (exact) mass is 417 g/mol. The lowest BCUT2D eigenvalue weighted by Gasteiger charge is -2.02. The highest BCUT2D eigenvalue weighted by Crippen LogP contribution is 2.33. The molecular formula is C15H7Cl4N3OS. The fourth-order valence-electron chi connectivity index (χ4n) is 1.90. The fourth-order valence-corrected chi connectivity index (χ4v) is 3.76. The van der Waals surface area contributed by atoms with E-state index in [2.05, 4.69) is 15.5 Å². The van der Waals surface area contributed by atoms with Crippen molar-refractivity contribution in [3.05, 3.63) is 62.1 Å². The van der Waals surface area contributed by atoms with Crippen LogP contribution in [-0.4, -0.2) is 16.1 Å². The predicted molar refractivity (Wildman–Crippen MR) is 99.8 cm³/mol. The Hall–Kier alpha value is -1.37. The maximum absolute atomic E-state index is 12.2. The van der Waals surface area contributed by atoms with E-state index in [1.807, 2.05) is 0 Å². The highest BCUT2D eigenvalue weighted by atomic mass is 35.5. The minimum absolute atomic E-state index is 0.328. The first kappa shape index (κ1) is 17.5. The fraction of sp³-hybridized carbons (Fsp3) is 0. The summed E-state index contributed by atoms with van der Waals surface area (Å²) in [5.74, 6) is -0.385. The lowest BCUT2D eigenvalue weighted by atomic mass is 10.2. The zero-order chi connectivity index (χ0) is 17.3. The molecule has 1 amide bonds. The molecule has 1 N–H and O–H groups in total. The second-order valence-corrected chi connectivity index (χ2v) is 7.34. The molecule has 2 aromatic carbocycles. The SMILES string of the molecule is O=C(Nc1nnc(-c2ccc(Cl)cc2Cl)s1)c1cc(Cl)cc(Cl)c1. The predicted octanol–water partition coefficient (Wildman–Crippen LogP) is 6.07. The van der Waals surface area contributed by atoms with E-state index in [0.717, 1.165) is 0 Å². The molecule has 0 unspecified atom stereocenters. The number of carbonyl (C=O) groups excluding carboxylic acids is 1. The maximum atomic E-state index is 12.2. The summed E-state index contributed by atoms with van der Waals surface area (Å²) < 4.78 is 0. The van der Waals surface area contributed by atoms with Crippen LogP contribution in [0.1, 0.15) is 10.4 Å². The number of rotatable bonds is 3. The van der Waals surface area contributed by atoms with Crippen LogP contribution in [0.3, 0.4) is 0 Å². The molecule has 9 heteroatoms. The van der Waals surface area contributed by atoms with Gasteiger partial charge in [0.05, 0.1) is 5.02 Å². The summed E-state index contributed by atoms with van der Waals surface area (Å²) >= 11 is 25.0. The Morgan fingerprint density at radius 1 is 0.917 bits per heavy atom. The van der Waals surface area contributed by atoms with Crippen LogP contribution in [-0.2, 0) is 0 Å². The van der Waals surface area contributed by atoms with E-state index in [0.29, 0.717) is 41.4 Å². The summed E-state index contributed by atoms with van der Waals surface area (Å²) in [7, 11) is 0. The van der Waals surface area contributed by atoms with E-state index < -0.39 is 0 Å². The average molecular weight is 419 g/mol. The van der Waals surface area contributed by atoms with Crippen LogP contribution in [0.2, 0.25) is 20.1 Å². The summed E-state index contributed by atoms with van der Waals surface area (Å²) in [4.78, 5) is 12.2. The number of halogens is 4. The van der Waals surface area contributed by atoms with Crippen LogP contribution in [0.25, 0.3) is 10.6 Å². The van der Waals surface area contributed by atoms with Gasteiger partial charge in [0.15, 0.2) is 5.01 Å². The van der Waals surface area contributed by atoms with Crippen molar-refractivity contribution in [1.82, 2.24) is 10.2 Å². The number of carbonyl (C=O) groups is 1. The van der Waals surface area contributed by atoms with Gasteiger partial charge in [-0.2, -0.15) is 0 Å². The van der Waals surface area contributed by atoms with Crippen LogP contribution >= 0.6 is 57.7 Å². The van der Waals surface area contributed by atoms with Crippen LogP contribution in [0.5, 0.6) is 0 Å². The highest BCUT2D eigenvalue weighted by Gasteiger charge is 2.14. The summed E-state index contributed by atoms with van der Waals surface area (Å²) in [6.45, 7) is 0. The lowest BCUT2D eigenvalue weighted by Crippen LogP contribution is -2.11. The van der Waals surface area contributed by atoms with Gasteiger partial charge >= 0.3 is 0 Å². The van der Waals surface area contributed by atoms with Crippen molar-refractivity contribution in [2.45, 2.75) is 0 Å². The van der Waals surface area contributed by atoms with Gasteiger partial charge in [-0.05, 0) is 36.4 Å². The van der Waals surface area contributed by atoms with Gasteiger partial charge in [-0.1, -0.05) is 57.7 Å². The zero-order valence-electron chi connectivity index (χ0n) is 11.7. The molecule has 122 valence electrons. The van der Waals surface area contributed by atoms with Crippen molar-refractivity contribution in [2.24, 2.45) is 0 Å². The molecule has 0 radical (unpaired) electrons. The molecular weight excluding hydrogens is 412 g/mol. The second kappa shape index (κ2) is 7.25. The van der Waals surface area contributed by atoms with Crippen molar-refractivity contribution in [2.75, 3.05) is 5.32 Å². The number of nitrogens with one attached hydrogen (secondary N) is 1. The molecule has 0 atom stereocenters. The van der Waals surface area contributed by atoms with Gasteiger partial charge < -0.3 is 0 Å². The van der Waals surface area contributed by atoms with Crippen LogP contribution in [0.4, 0.5) is 5.13 Å². The number of hydrogen-bond donors (Lipinski definition) is 1. The Bertz CT molecular complexity index is 909. The van der Waals surface area contributed by atoms with Gasteiger partial charge in [-0.25, -0.2) is 0 Å². The quantitative estimate of drug-likeness (QED) is 0.561.